The number of piperidine rings is 1. The maximum absolute atomic E-state index is 13.0. The molecule has 2 amide bonds. The van der Waals surface area contributed by atoms with Crippen molar-refractivity contribution < 1.29 is 9.59 Å². The topological polar surface area (TPSA) is 80.1 Å². The molecule has 144 valence electrons. The number of aromatic nitrogens is 3. The summed E-state index contributed by atoms with van der Waals surface area (Å²) in [6.07, 6.45) is 6.59. The predicted molar refractivity (Wildman–Crippen MR) is 98.6 cm³/mol. The number of hydrogen-bond acceptors (Lipinski definition) is 4. The van der Waals surface area contributed by atoms with Gasteiger partial charge in [0.1, 0.15) is 17.7 Å². The number of amides is 2. The van der Waals surface area contributed by atoms with Crippen molar-refractivity contribution >= 4 is 11.8 Å². The zero-order valence-corrected chi connectivity index (χ0v) is 16.2. The van der Waals surface area contributed by atoms with Gasteiger partial charge in [-0.15, -0.1) is 10.2 Å². The van der Waals surface area contributed by atoms with Gasteiger partial charge in [-0.05, 0) is 31.6 Å². The molecule has 3 rings (SSSR count). The summed E-state index contributed by atoms with van der Waals surface area (Å²) < 4.78 is 2.29. The molecular weight excluding hydrogens is 330 g/mol. The summed E-state index contributed by atoms with van der Waals surface area (Å²) in [5.74, 6) is 2.30. The highest BCUT2D eigenvalue weighted by Crippen LogP contribution is 2.28. The summed E-state index contributed by atoms with van der Waals surface area (Å²) in [4.78, 5) is 26.4. The molecule has 1 saturated heterocycles. The number of rotatable bonds is 4. The van der Waals surface area contributed by atoms with E-state index in [0.29, 0.717) is 6.54 Å². The first-order valence-electron chi connectivity index (χ1n) is 9.95. The van der Waals surface area contributed by atoms with Crippen LogP contribution in [0.2, 0.25) is 0 Å². The second-order valence-corrected chi connectivity index (χ2v) is 7.98. The number of carbonyl (C=O) groups is 2. The van der Waals surface area contributed by atoms with E-state index in [2.05, 4.69) is 20.1 Å². The molecule has 3 heterocycles. The number of likely N-dealkylation sites (tertiary alicyclic amines) is 1. The normalized spacial score (nSPS) is 21.8. The Morgan fingerprint density at radius 3 is 2.65 bits per heavy atom. The molecule has 2 aliphatic rings. The van der Waals surface area contributed by atoms with Crippen LogP contribution in [0.5, 0.6) is 0 Å². The molecule has 0 radical (unpaired) electrons. The van der Waals surface area contributed by atoms with Crippen molar-refractivity contribution in [1.82, 2.24) is 25.0 Å². The zero-order valence-electron chi connectivity index (χ0n) is 16.2. The maximum Gasteiger partial charge on any atom is 0.245 e. The van der Waals surface area contributed by atoms with Crippen LogP contribution >= 0.6 is 0 Å². The monoisotopic (exact) mass is 361 g/mol. The smallest absolute Gasteiger partial charge is 0.245 e. The Labute approximate surface area is 155 Å². The maximum atomic E-state index is 13.0. The SMILES string of the molecule is CC(=O)NC(C(=O)N1CCCC(c2nnc3n2CCCCC3)C1)C(C)C. The van der Waals surface area contributed by atoms with Crippen LogP contribution in [0.3, 0.4) is 0 Å². The quantitative estimate of drug-likeness (QED) is 0.888. The van der Waals surface area contributed by atoms with Gasteiger partial charge in [0.25, 0.3) is 0 Å². The second-order valence-electron chi connectivity index (χ2n) is 7.98. The van der Waals surface area contributed by atoms with Crippen molar-refractivity contribution in [2.75, 3.05) is 13.1 Å². The first-order valence-corrected chi connectivity index (χ1v) is 9.95. The van der Waals surface area contributed by atoms with Crippen LogP contribution in [0.15, 0.2) is 0 Å². The number of aryl methyl sites for hydroxylation is 1. The lowest BCUT2D eigenvalue weighted by molar-refractivity contribution is -0.138. The van der Waals surface area contributed by atoms with E-state index in [1.54, 1.807) is 0 Å². The molecule has 0 spiro atoms. The number of fused-ring (bicyclic) bond motifs is 1. The van der Waals surface area contributed by atoms with Crippen molar-refractivity contribution in [1.29, 1.82) is 0 Å². The molecule has 26 heavy (non-hydrogen) atoms. The molecule has 1 aromatic heterocycles. The number of hydrogen-bond donors (Lipinski definition) is 1. The molecule has 1 N–H and O–H groups in total. The van der Waals surface area contributed by atoms with Crippen LogP contribution in [0.4, 0.5) is 0 Å². The minimum Gasteiger partial charge on any atom is -0.344 e. The molecular formula is C19H31N5O2. The Hall–Kier alpha value is -1.92. The average Bonchev–Trinajstić information content (AvgIpc) is 2.87. The van der Waals surface area contributed by atoms with E-state index in [4.69, 9.17) is 0 Å². The lowest BCUT2D eigenvalue weighted by Gasteiger charge is -2.35. The van der Waals surface area contributed by atoms with Crippen molar-refractivity contribution in [3.8, 4) is 0 Å². The Bertz CT molecular complexity index is 654. The molecule has 0 aliphatic carbocycles. The van der Waals surface area contributed by atoms with Crippen molar-refractivity contribution in [3.63, 3.8) is 0 Å². The van der Waals surface area contributed by atoms with E-state index in [9.17, 15) is 9.59 Å². The summed E-state index contributed by atoms with van der Waals surface area (Å²) >= 11 is 0. The van der Waals surface area contributed by atoms with Gasteiger partial charge in [-0.3, -0.25) is 9.59 Å². The van der Waals surface area contributed by atoms with Gasteiger partial charge in [-0.1, -0.05) is 20.3 Å². The standard InChI is InChI=1S/C19H31N5O2/c1-13(2)17(20-14(3)25)19(26)23-10-7-8-15(12-23)18-22-21-16-9-5-4-6-11-24(16)18/h13,15,17H,4-12H2,1-3H3,(H,20,25). The molecule has 2 aliphatic heterocycles. The fraction of sp³-hybridized carbons (Fsp3) is 0.789. The van der Waals surface area contributed by atoms with Crippen LogP contribution in [0.25, 0.3) is 0 Å². The number of carbonyl (C=O) groups excluding carboxylic acids is 2. The first-order chi connectivity index (χ1) is 12.5. The van der Waals surface area contributed by atoms with Crippen LogP contribution < -0.4 is 5.32 Å². The lowest BCUT2D eigenvalue weighted by atomic mass is 9.95. The molecule has 7 nitrogen and oxygen atoms in total. The van der Waals surface area contributed by atoms with Gasteiger partial charge in [0.05, 0.1) is 0 Å². The van der Waals surface area contributed by atoms with Gasteiger partial charge in [-0.25, -0.2) is 0 Å². The molecule has 0 bridgehead atoms. The summed E-state index contributed by atoms with van der Waals surface area (Å²) in [7, 11) is 0. The van der Waals surface area contributed by atoms with E-state index >= 15 is 0 Å². The highest BCUT2D eigenvalue weighted by atomic mass is 16.2. The fourth-order valence-electron chi connectivity index (χ4n) is 4.13. The van der Waals surface area contributed by atoms with Crippen LogP contribution in [0.1, 0.15) is 70.4 Å². The third-order valence-corrected chi connectivity index (χ3v) is 5.53. The van der Waals surface area contributed by atoms with Gasteiger partial charge in [0.2, 0.25) is 11.8 Å². The molecule has 1 aromatic rings. The van der Waals surface area contributed by atoms with E-state index < -0.39 is 6.04 Å². The molecule has 7 heteroatoms. The van der Waals surface area contributed by atoms with Crippen molar-refractivity contribution in [3.05, 3.63) is 11.6 Å². The Balaban J connectivity index is 1.74. The number of nitrogens with zero attached hydrogens (tertiary/aromatic N) is 4. The molecule has 2 atom stereocenters. The Kier molecular flexibility index (Phi) is 5.94. The van der Waals surface area contributed by atoms with Gasteiger partial charge in [0.15, 0.2) is 0 Å². The van der Waals surface area contributed by atoms with E-state index in [1.807, 2.05) is 18.7 Å². The molecule has 0 saturated carbocycles. The third kappa shape index (κ3) is 4.07. The van der Waals surface area contributed by atoms with E-state index in [-0.39, 0.29) is 23.7 Å². The summed E-state index contributed by atoms with van der Waals surface area (Å²) in [5.41, 5.74) is 0. The van der Waals surface area contributed by atoms with E-state index in [0.717, 1.165) is 44.0 Å². The molecule has 1 fully saturated rings. The Morgan fingerprint density at radius 2 is 1.92 bits per heavy atom. The Morgan fingerprint density at radius 1 is 1.12 bits per heavy atom. The summed E-state index contributed by atoms with van der Waals surface area (Å²) in [6, 6.07) is -0.457. The summed E-state index contributed by atoms with van der Waals surface area (Å²) in [5, 5.41) is 11.7. The third-order valence-electron chi connectivity index (χ3n) is 5.53. The van der Waals surface area contributed by atoms with Gasteiger partial charge in [-0.2, -0.15) is 0 Å². The van der Waals surface area contributed by atoms with Crippen LogP contribution in [-0.4, -0.2) is 50.6 Å². The second kappa shape index (κ2) is 8.18. The predicted octanol–water partition coefficient (Wildman–Crippen LogP) is 1.87. The molecule has 0 aromatic carbocycles. The molecule has 2 unspecified atom stereocenters. The van der Waals surface area contributed by atoms with Crippen LogP contribution in [0, 0.1) is 5.92 Å². The van der Waals surface area contributed by atoms with Crippen molar-refractivity contribution in [2.45, 2.75) is 77.8 Å². The lowest BCUT2D eigenvalue weighted by Crippen LogP contribution is -2.53. The average molecular weight is 361 g/mol. The fourth-order valence-corrected chi connectivity index (χ4v) is 4.13. The zero-order chi connectivity index (χ0) is 18.7. The minimum absolute atomic E-state index is 0.0236. The first kappa shape index (κ1) is 18.9. The minimum atomic E-state index is -0.457. The summed E-state index contributed by atoms with van der Waals surface area (Å²) in [6.45, 7) is 7.81. The van der Waals surface area contributed by atoms with Crippen LogP contribution in [-0.2, 0) is 22.6 Å². The van der Waals surface area contributed by atoms with E-state index in [1.165, 1.54) is 26.2 Å². The van der Waals surface area contributed by atoms with Gasteiger partial charge in [0, 0.05) is 38.9 Å². The largest absolute Gasteiger partial charge is 0.344 e. The van der Waals surface area contributed by atoms with Gasteiger partial charge >= 0.3 is 0 Å². The highest BCUT2D eigenvalue weighted by Gasteiger charge is 2.33. The highest BCUT2D eigenvalue weighted by molar-refractivity contribution is 5.87. The van der Waals surface area contributed by atoms with Gasteiger partial charge < -0.3 is 14.8 Å². The number of nitrogens with one attached hydrogen (secondary N) is 1. The van der Waals surface area contributed by atoms with Crippen molar-refractivity contribution in [2.24, 2.45) is 5.92 Å².